The molecule has 1 heterocycles. The van der Waals surface area contributed by atoms with E-state index in [9.17, 15) is 4.39 Å². The highest BCUT2D eigenvalue weighted by atomic mass is 19.1. The van der Waals surface area contributed by atoms with Gasteiger partial charge in [-0.2, -0.15) is 0 Å². The van der Waals surface area contributed by atoms with E-state index in [2.05, 4.69) is 34.4 Å². The molecule has 0 amide bonds. The zero-order chi connectivity index (χ0) is 18.8. The molecule has 1 unspecified atom stereocenters. The minimum Gasteiger partial charge on any atom is -0.379 e. The number of halogens is 1. The molecule has 26 heavy (non-hydrogen) atoms. The second-order valence-corrected chi connectivity index (χ2v) is 7.10. The fourth-order valence-corrected chi connectivity index (χ4v) is 3.20. The van der Waals surface area contributed by atoms with Gasteiger partial charge in [-0.25, -0.2) is 9.38 Å². The van der Waals surface area contributed by atoms with Crippen LogP contribution in [0.2, 0.25) is 0 Å². The molecule has 0 aliphatic carbocycles. The summed E-state index contributed by atoms with van der Waals surface area (Å²) < 4.78 is 19.3. The van der Waals surface area contributed by atoms with Crippen molar-refractivity contribution in [1.29, 1.82) is 0 Å². The van der Waals surface area contributed by atoms with Gasteiger partial charge in [-0.3, -0.25) is 4.90 Å². The first-order chi connectivity index (χ1) is 12.6. The average molecular weight is 365 g/mol. The van der Waals surface area contributed by atoms with Crippen LogP contribution in [-0.2, 0) is 11.3 Å². The number of nitrogens with one attached hydrogen (secondary N) is 2. The predicted molar refractivity (Wildman–Crippen MR) is 105 cm³/mol. The normalized spacial score (nSPS) is 17.3. The largest absolute Gasteiger partial charge is 0.379 e. The van der Waals surface area contributed by atoms with Gasteiger partial charge >= 0.3 is 0 Å². The number of rotatable bonds is 8. The highest BCUT2D eigenvalue weighted by Gasteiger charge is 2.22. The Morgan fingerprint density at radius 2 is 1.96 bits per heavy atom. The first-order valence-electron chi connectivity index (χ1n) is 9.67. The number of ether oxygens (including phenoxy) is 1. The Labute approximate surface area is 157 Å². The van der Waals surface area contributed by atoms with Gasteiger partial charge in [-0.1, -0.05) is 32.0 Å². The number of guanidine groups is 1. The van der Waals surface area contributed by atoms with Crippen molar-refractivity contribution in [2.75, 3.05) is 39.4 Å². The van der Waals surface area contributed by atoms with Gasteiger partial charge in [0.15, 0.2) is 5.96 Å². The van der Waals surface area contributed by atoms with Crippen LogP contribution in [0.15, 0.2) is 29.3 Å². The van der Waals surface area contributed by atoms with Crippen LogP contribution in [0.25, 0.3) is 0 Å². The molecular weight excluding hydrogens is 331 g/mol. The lowest BCUT2D eigenvalue weighted by Crippen LogP contribution is -2.51. The van der Waals surface area contributed by atoms with Crippen LogP contribution in [0, 0.1) is 11.7 Å². The molecule has 0 bridgehead atoms. The Morgan fingerprint density at radius 3 is 2.62 bits per heavy atom. The van der Waals surface area contributed by atoms with Gasteiger partial charge in [0.25, 0.3) is 0 Å². The molecule has 1 aromatic rings. The van der Waals surface area contributed by atoms with Crippen molar-refractivity contribution in [3.05, 3.63) is 35.6 Å². The van der Waals surface area contributed by atoms with E-state index in [-0.39, 0.29) is 5.82 Å². The number of nitrogens with zero attached hydrogens (tertiary/aromatic N) is 2. The smallest absolute Gasteiger partial charge is 0.191 e. The van der Waals surface area contributed by atoms with E-state index in [1.807, 2.05) is 13.0 Å². The van der Waals surface area contributed by atoms with Crippen LogP contribution in [0.5, 0.6) is 0 Å². The predicted octanol–water partition coefficient (Wildman–Crippen LogP) is 2.63. The summed E-state index contributed by atoms with van der Waals surface area (Å²) in [5, 5.41) is 6.70. The van der Waals surface area contributed by atoms with E-state index in [0.717, 1.165) is 51.8 Å². The molecule has 0 saturated carbocycles. The molecule has 1 atom stereocenters. The van der Waals surface area contributed by atoms with Crippen molar-refractivity contribution in [2.24, 2.45) is 10.9 Å². The molecular formula is C20H33FN4O. The van der Waals surface area contributed by atoms with Gasteiger partial charge in [-0.05, 0) is 25.3 Å². The lowest BCUT2D eigenvalue weighted by Gasteiger charge is -2.35. The fraction of sp³-hybridized carbons (Fsp3) is 0.650. The molecule has 1 fully saturated rings. The van der Waals surface area contributed by atoms with E-state index in [1.165, 1.54) is 6.07 Å². The van der Waals surface area contributed by atoms with E-state index >= 15 is 0 Å². The molecule has 1 aromatic carbocycles. The van der Waals surface area contributed by atoms with Crippen LogP contribution in [0.1, 0.15) is 32.8 Å². The summed E-state index contributed by atoms with van der Waals surface area (Å²) in [6, 6.07) is 7.23. The second-order valence-electron chi connectivity index (χ2n) is 7.10. The summed E-state index contributed by atoms with van der Waals surface area (Å²) >= 11 is 0. The molecule has 1 aliphatic heterocycles. The van der Waals surface area contributed by atoms with Gasteiger partial charge in [-0.15, -0.1) is 0 Å². The maximum absolute atomic E-state index is 13.8. The Hall–Kier alpha value is -1.66. The number of benzene rings is 1. The first kappa shape index (κ1) is 20.6. The van der Waals surface area contributed by atoms with Crippen molar-refractivity contribution >= 4 is 5.96 Å². The van der Waals surface area contributed by atoms with E-state index in [0.29, 0.717) is 24.1 Å². The van der Waals surface area contributed by atoms with Crippen molar-refractivity contribution in [3.63, 3.8) is 0 Å². The van der Waals surface area contributed by atoms with Crippen LogP contribution in [-0.4, -0.2) is 56.3 Å². The standard InChI is InChI=1S/C20H33FN4O/c1-4-22-20(23-14-17-7-5-6-8-19(17)21)24-15-18(13-16(2)3)25-9-11-26-12-10-25/h5-8,16,18H,4,9-15H2,1-3H3,(H2,22,23,24). The van der Waals surface area contributed by atoms with Crippen molar-refractivity contribution < 1.29 is 9.13 Å². The number of morpholine rings is 1. The van der Waals surface area contributed by atoms with Gasteiger partial charge in [0.1, 0.15) is 5.82 Å². The summed E-state index contributed by atoms with van der Waals surface area (Å²) in [6.45, 7) is 12.0. The van der Waals surface area contributed by atoms with Gasteiger partial charge < -0.3 is 15.4 Å². The molecule has 146 valence electrons. The Morgan fingerprint density at radius 1 is 1.23 bits per heavy atom. The van der Waals surface area contributed by atoms with Crippen LogP contribution in [0.4, 0.5) is 4.39 Å². The summed E-state index contributed by atoms with van der Waals surface area (Å²) in [5.74, 6) is 1.15. The number of hydrogen-bond donors (Lipinski definition) is 2. The zero-order valence-corrected chi connectivity index (χ0v) is 16.3. The molecule has 1 saturated heterocycles. The van der Waals surface area contributed by atoms with E-state index in [4.69, 9.17) is 4.74 Å². The summed E-state index contributed by atoms with van der Waals surface area (Å²) in [6.07, 6.45) is 1.12. The van der Waals surface area contributed by atoms with Crippen molar-refractivity contribution in [3.8, 4) is 0 Å². The molecule has 6 heteroatoms. The van der Waals surface area contributed by atoms with Crippen LogP contribution < -0.4 is 10.6 Å². The summed E-state index contributed by atoms with van der Waals surface area (Å²) in [5.41, 5.74) is 0.608. The molecule has 5 nitrogen and oxygen atoms in total. The molecule has 0 radical (unpaired) electrons. The maximum Gasteiger partial charge on any atom is 0.191 e. The third-order valence-corrected chi connectivity index (χ3v) is 4.52. The van der Waals surface area contributed by atoms with Gasteiger partial charge in [0.2, 0.25) is 0 Å². The second kappa shape index (κ2) is 11.1. The zero-order valence-electron chi connectivity index (χ0n) is 16.3. The average Bonchev–Trinajstić information content (AvgIpc) is 2.64. The Kier molecular flexibility index (Phi) is 8.85. The summed E-state index contributed by atoms with van der Waals surface area (Å²) in [7, 11) is 0. The van der Waals surface area contributed by atoms with Crippen molar-refractivity contribution in [2.45, 2.75) is 39.8 Å². The minimum atomic E-state index is -0.210. The van der Waals surface area contributed by atoms with E-state index < -0.39 is 0 Å². The Balaban J connectivity index is 1.97. The SMILES string of the molecule is CCNC(=NCc1ccccc1F)NCC(CC(C)C)N1CCOCC1. The molecule has 2 rings (SSSR count). The molecule has 2 N–H and O–H groups in total. The Bertz CT molecular complexity index is 558. The molecule has 0 spiro atoms. The van der Waals surface area contributed by atoms with Crippen LogP contribution in [0.3, 0.4) is 0 Å². The number of aliphatic imine (C=N–C) groups is 1. The van der Waals surface area contributed by atoms with Gasteiger partial charge in [0.05, 0.1) is 19.8 Å². The topological polar surface area (TPSA) is 48.9 Å². The number of hydrogen-bond acceptors (Lipinski definition) is 3. The first-order valence-corrected chi connectivity index (χ1v) is 9.67. The van der Waals surface area contributed by atoms with Crippen molar-refractivity contribution in [1.82, 2.24) is 15.5 Å². The minimum absolute atomic E-state index is 0.210. The highest BCUT2D eigenvalue weighted by Crippen LogP contribution is 2.13. The molecule has 0 aromatic heterocycles. The monoisotopic (exact) mass is 364 g/mol. The van der Waals surface area contributed by atoms with Gasteiger partial charge in [0, 0.05) is 37.8 Å². The maximum atomic E-state index is 13.8. The lowest BCUT2D eigenvalue weighted by molar-refractivity contribution is 0.0132. The van der Waals surface area contributed by atoms with Crippen LogP contribution >= 0.6 is 0 Å². The fourth-order valence-electron chi connectivity index (χ4n) is 3.20. The highest BCUT2D eigenvalue weighted by molar-refractivity contribution is 5.79. The summed E-state index contributed by atoms with van der Waals surface area (Å²) in [4.78, 5) is 7.05. The lowest BCUT2D eigenvalue weighted by atomic mass is 10.0. The quantitative estimate of drug-likeness (QED) is 0.550. The van der Waals surface area contributed by atoms with E-state index in [1.54, 1.807) is 12.1 Å². The molecule has 1 aliphatic rings. The third-order valence-electron chi connectivity index (χ3n) is 4.52. The third kappa shape index (κ3) is 6.92.